The second-order valence-corrected chi connectivity index (χ2v) is 4.72. The number of pyridine rings is 1. The molecule has 100 valence electrons. The molecule has 0 saturated carbocycles. The topological polar surface area (TPSA) is 38.9 Å². The lowest BCUT2D eigenvalue weighted by Crippen LogP contribution is -1.86. The van der Waals surface area contributed by atoms with E-state index in [4.69, 9.17) is 16.1 Å². The van der Waals surface area contributed by atoms with Gasteiger partial charge in [0.1, 0.15) is 22.4 Å². The minimum Gasteiger partial charge on any atom is -0.360 e. The Kier molecular flexibility index (Phi) is 3.24. The van der Waals surface area contributed by atoms with Crippen LogP contribution < -0.4 is 0 Å². The molecule has 3 rings (SSSR count). The average Bonchev–Trinajstić information content (AvgIpc) is 2.81. The Morgan fingerprint density at radius 1 is 1.10 bits per heavy atom. The standard InChI is InChI=1S/C15H10ClFN2O/c1-9-14(11-6-7-18-13(16)8-11)15(19-20-9)10-2-4-12(17)5-3-10/h2-8H,1H3. The van der Waals surface area contributed by atoms with Crippen molar-refractivity contribution >= 4 is 11.6 Å². The summed E-state index contributed by atoms with van der Waals surface area (Å²) < 4.78 is 18.3. The highest BCUT2D eigenvalue weighted by atomic mass is 35.5. The van der Waals surface area contributed by atoms with Crippen molar-refractivity contribution in [3.05, 3.63) is 59.3 Å². The summed E-state index contributed by atoms with van der Waals surface area (Å²) in [6.07, 6.45) is 1.62. The molecular weight excluding hydrogens is 279 g/mol. The molecule has 0 bridgehead atoms. The number of hydrogen-bond acceptors (Lipinski definition) is 3. The van der Waals surface area contributed by atoms with E-state index < -0.39 is 0 Å². The molecule has 0 aliphatic heterocycles. The van der Waals surface area contributed by atoms with Gasteiger partial charge in [-0.3, -0.25) is 0 Å². The van der Waals surface area contributed by atoms with Gasteiger partial charge in [-0.15, -0.1) is 0 Å². The van der Waals surface area contributed by atoms with Crippen molar-refractivity contribution < 1.29 is 8.91 Å². The third-order valence-corrected chi connectivity index (χ3v) is 3.20. The van der Waals surface area contributed by atoms with E-state index in [9.17, 15) is 4.39 Å². The number of aryl methyl sites for hydroxylation is 1. The predicted octanol–water partition coefficient (Wildman–Crippen LogP) is 4.50. The first-order chi connectivity index (χ1) is 9.65. The number of nitrogens with zero attached hydrogens (tertiary/aromatic N) is 2. The van der Waals surface area contributed by atoms with Crippen molar-refractivity contribution in [1.82, 2.24) is 10.1 Å². The molecule has 3 nitrogen and oxygen atoms in total. The fourth-order valence-corrected chi connectivity index (χ4v) is 2.25. The normalized spacial score (nSPS) is 10.8. The molecule has 20 heavy (non-hydrogen) atoms. The number of benzene rings is 1. The van der Waals surface area contributed by atoms with Gasteiger partial charge in [0.25, 0.3) is 0 Å². The lowest BCUT2D eigenvalue weighted by atomic mass is 10.0. The van der Waals surface area contributed by atoms with Gasteiger partial charge in [-0.05, 0) is 48.9 Å². The van der Waals surface area contributed by atoms with E-state index in [1.54, 1.807) is 24.4 Å². The second kappa shape index (κ2) is 5.06. The zero-order valence-corrected chi connectivity index (χ0v) is 11.4. The zero-order chi connectivity index (χ0) is 14.1. The first-order valence-corrected chi connectivity index (χ1v) is 6.37. The largest absolute Gasteiger partial charge is 0.360 e. The number of hydrogen-bond donors (Lipinski definition) is 0. The Morgan fingerprint density at radius 2 is 1.85 bits per heavy atom. The quantitative estimate of drug-likeness (QED) is 0.652. The lowest BCUT2D eigenvalue weighted by Gasteiger charge is -2.03. The summed E-state index contributed by atoms with van der Waals surface area (Å²) in [7, 11) is 0. The Hall–Kier alpha value is -2.20. The molecule has 0 aliphatic carbocycles. The Labute approximate surface area is 120 Å². The van der Waals surface area contributed by atoms with E-state index in [2.05, 4.69) is 10.1 Å². The van der Waals surface area contributed by atoms with Crippen LogP contribution in [-0.2, 0) is 0 Å². The third-order valence-electron chi connectivity index (χ3n) is 3.00. The van der Waals surface area contributed by atoms with Gasteiger partial charge < -0.3 is 4.52 Å². The maximum Gasteiger partial charge on any atom is 0.142 e. The van der Waals surface area contributed by atoms with E-state index >= 15 is 0 Å². The van der Waals surface area contributed by atoms with Gasteiger partial charge in [-0.1, -0.05) is 16.8 Å². The zero-order valence-electron chi connectivity index (χ0n) is 10.6. The number of rotatable bonds is 2. The van der Waals surface area contributed by atoms with Crippen LogP contribution in [0.2, 0.25) is 5.15 Å². The minimum atomic E-state index is -0.289. The molecule has 0 spiro atoms. The van der Waals surface area contributed by atoms with Crippen molar-refractivity contribution in [2.75, 3.05) is 0 Å². The van der Waals surface area contributed by atoms with Gasteiger partial charge in [0, 0.05) is 11.8 Å². The van der Waals surface area contributed by atoms with Gasteiger partial charge >= 0.3 is 0 Å². The van der Waals surface area contributed by atoms with Crippen LogP contribution in [0.3, 0.4) is 0 Å². The second-order valence-electron chi connectivity index (χ2n) is 4.34. The van der Waals surface area contributed by atoms with Crippen LogP contribution in [0.15, 0.2) is 47.1 Å². The number of aromatic nitrogens is 2. The van der Waals surface area contributed by atoms with Crippen LogP contribution in [0.5, 0.6) is 0 Å². The summed E-state index contributed by atoms with van der Waals surface area (Å²) in [4.78, 5) is 3.96. The number of halogens is 2. The van der Waals surface area contributed by atoms with Crippen molar-refractivity contribution in [2.24, 2.45) is 0 Å². The summed E-state index contributed by atoms with van der Waals surface area (Å²) in [5, 5.41) is 4.46. The summed E-state index contributed by atoms with van der Waals surface area (Å²) in [6.45, 7) is 1.82. The summed E-state index contributed by atoms with van der Waals surface area (Å²) in [5.41, 5.74) is 3.14. The van der Waals surface area contributed by atoms with Gasteiger partial charge in [-0.2, -0.15) is 0 Å². The SMILES string of the molecule is Cc1onc(-c2ccc(F)cc2)c1-c1ccnc(Cl)c1. The maximum absolute atomic E-state index is 13.0. The van der Waals surface area contributed by atoms with E-state index in [0.29, 0.717) is 16.6 Å². The fourth-order valence-electron chi connectivity index (χ4n) is 2.07. The molecule has 5 heteroatoms. The van der Waals surface area contributed by atoms with Gasteiger partial charge in [0.2, 0.25) is 0 Å². The van der Waals surface area contributed by atoms with Crippen molar-refractivity contribution in [3.63, 3.8) is 0 Å². The average molecular weight is 289 g/mol. The molecule has 2 aromatic heterocycles. The fraction of sp³-hybridized carbons (Fsp3) is 0.0667. The molecule has 0 aliphatic rings. The third kappa shape index (κ3) is 2.30. The van der Waals surface area contributed by atoms with Crippen molar-refractivity contribution in [1.29, 1.82) is 0 Å². The smallest absolute Gasteiger partial charge is 0.142 e. The predicted molar refractivity (Wildman–Crippen MR) is 74.9 cm³/mol. The highest BCUT2D eigenvalue weighted by molar-refractivity contribution is 6.29. The van der Waals surface area contributed by atoms with Crippen molar-refractivity contribution in [2.45, 2.75) is 6.92 Å². The van der Waals surface area contributed by atoms with Crippen LogP contribution >= 0.6 is 11.6 Å². The molecule has 0 saturated heterocycles. The first-order valence-electron chi connectivity index (χ1n) is 5.99. The molecule has 0 amide bonds. The minimum absolute atomic E-state index is 0.289. The van der Waals surface area contributed by atoms with E-state index in [1.807, 2.05) is 13.0 Å². The molecule has 3 aromatic rings. The van der Waals surface area contributed by atoms with E-state index in [0.717, 1.165) is 16.7 Å². The van der Waals surface area contributed by atoms with Crippen LogP contribution in [0, 0.1) is 12.7 Å². The molecule has 0 N–H and O–H groups in total. The molecule has 0 atom stereocenters. The van der Waals surface area contributed by atoms with Gasteiger partial charge in [0.05, 0.1) is 5.56 Å². The summed E-state index contributed by atoms with van der Waals surface area (Å²) >= 11 is 5.92. The monoisotopic (exact) mass is 288 g/mol. The van der Waals surface area contributed by atoms with E-state index in [1.165, 1.54) is 12.1 Å². The first kappa shape index (κ1) is 12.8. The van der Waals surface area contributed by atoms with Gasteiger partial charge in [-0.25, -0.2) is 9.37 Å². The van der Waals surface area contributed by atoms with Crippen molar-refractivity contribution in [3.8, 4) is 22.4 Å². The highest BCUT2D eigenvalue weighted by Crippen LogP contribution is 2.34. The molecule has 2 heterocycles. The molecular formula is C15H10ClFN2O. The molecule has 0 unspecified atom stereocenters. The molecule has 1 aromatic carbocycles. The van der Waals surface area contributed by atoms with E-state index in [-0.39, 0.29) is 5.82 Å². The van der Waals surface area contributed by atoms with Gasteiger partial charge in [0.15, 0.2) is 0 Å². The van der Waals surface area contributed by atoms with Crippen LogP contribution in [0.4, 0.5) is 4.39 Å². The molecule has 0 radical (unpaired) electrons. The lowest BCUT2D eigenvalue weighted by molar-refractivity contribution is 0.400. The molecule has 0 fully saturated rings. The Bertz CT molecular complexity index is 753. The Morgan fingerprint density at radius 3 is 2.55 bits per heavy atom. The van der Waals surface area contributed by atoms with Crippen LogP contribution in [-0.4, -0.2) is 10.1 Å². The maximum atomic E-state index is 13.0. The summed E-state index contributed by atoms with van der Waals surface area (Å²) in [6, 6.07) is 9.69. The Balaban J connectivity index is 2.17. The van der Waals surface area contributed by atoms with Crippen LogP contribution in [0.25, 0.3) is 22.4 Å². The van der Waals surface area contributed by atoms with Crippen LogP contribution in [0.1, 0.15) is 5.76 Å². The summed E-state index contributed by atoms with van der Waals surface area (Å²) in [5.74, 6) is 0.383. The highest BCUT2D eigenvalue weighted by Gasteiger charge is 2.16.